The van der Waals surface area contributed by atoms with Gasteiger partial charge in [0.2, 0.25) is 0 Å². The van der Waals surface area contributed by atoms with Gasteiger partial charge in [0.15, 0.2) is 5.82 Å². The van der Waals surface area contributed by atoms with Crippen LogP contribution in [0.1, 0.15) is 9.67 Å². The van der Waals surface area contributed by atoms with Crippen molar-refractivity contribution in [3.05, 3.63) is 59.4 Å². The average molecular weight is 365 g/mol. The van der Waals surface area contributed by atoms with E-state index in [2.05, 4.69) is 4.98 Å². The second-order valence-electron chi connectivity index (χ2n) is 4.72. The van der Waals surface area contributed by atoms with E-state index in [1.807, 2.05) is 30.3 Å². The number of rotatable bonds is 5. The molecular formula is C15H10FN2O4S2-. The second kappa shape index (κ2) is 6.56. The summed E-state index contributed by atoms with van der Waals surface area (Å²) in [4.78, 5) is 13.4. The smallest absolute Gasteiger partial charge is 0.348 e. The molecule has 0 amide bonds. The number of carboxylic acids is 1. The molecule has 9 heteroatoms. The number of nitrogens with one attached hydrogen (secondary N) is 1. The van der Waals surface area contributed by atoms with Crippen LogP contribution in [0.2, 0.25) is 0 Å². The fraction of sp³-hybridized carbons (Fsp3) is 0. The first-order valence-electron chi connectivity index (χ1n) is 6.63. The molecule has 3 rings (SSSR count). The van der Waals surface area contributed by atoms with Crippen LogP contribution in [0, 0.1) is 5.82 Å². The van der Waals surface area contributed by atoms with Crippen LogP contribution in [0.5, 0.6) is 0 Å². The van der Waals surface area contributed by atoms with Crippen molar-refractivity contribution in [2.24, 2.45) is 0 Å². The molecule has 124 valence electrons. The average Bonchev–Trinajstić information content (AvgIpc) is 3.16. The zero-order chi connectivity index (χ0) is 17.3. The number of aromatic amines is 1. The van der Waals surface area contributed by atoms with Gasteiger partial charge in [-0.1, -0.05) is 30.3 Å². The minimum Gasteiger partial charge on any atom is -0.755 e. The van der Waals surface area contributed by atoms with Crippen LogP contribution in [0.15, 0.2) is 48.7 Å². The van der Waals surface area contributed by atoms with Crippen LogP contribution in [0.25, 0.3) is 11.3 Å². The summed E-state index contributed by atoms with van der Waals surface area (Å²) in [5.41, 5.74) is 1.78. The summed E-state index contributed by atoms with van der Waals surface area (Å²) in [5.74, 6) is -2.42. The molecule has 0 spiro atoms. The highest BCUT2D eigenvalue weighted by Gasteiger charge is 2.21. The minimum atomic E-state index is -2.74. The number of nitrogens with zero attached hydrogens (tertiary/aromatic N) is 1. The van der Waals surface area contributed by atoms with E-state index in [0.29, 0.717) is 17.0 Å². The Hall–Kier alpha value is -2.49. The summed E-state index contributed by atoms with van der Waals surface area (Å²) in [6.07, 6.45) is 1.45. The topological polar surface area (TPSA) is 96.5 Å². The van der Waals surface area contributed by atoms with Gasteiger partial charge in [-0.3, -0.25) is 8.51 Å². The van der Waals surface area contributed by atoms with Gasteiger partial charge in [0.05, 0.1) is 17.0 Å². The highest BCUT2D eigenvalue weighted by atomic mass is 32.2. The Kier molecular flexibility index (Phi) is 4.47. The molecule has 1 atom stereocenters. The first kappa shape index (κ1) is 16.4. The van der Waals surface area contributed by atoms with Crippen molar-refractivity contribution in [1.29, 1.82) is 0 Å². The lowest BCUT2D eigenvalue weighted by Gasteiger charge is -2.23. The summed E-state index contributed by atoms with van der Waals surface area (Å²) < 4.78 is 37.7. The van der Waals surface area contributed by atoms with Crippen LogP contribution >= 0.6 is 11.3 Å². The molecule has 1 unspecified atom stereocenters. The fourth-order valence-electron chi connectivity index (χ4n) is 2.17. The summed E-state index contributed by atoms with van der Waals surface area (Å²) in [7, 11) is 0. The number of carboxylic acid groups (broad SMARTS) is 1. The summed E-state index contributed by atoms with van der Waals surface area (Å²) in [6.45, 7) is 0. The van der Waals surface area contributed by atoms with Gasteiger partial charge in [0.1, 0.15) is 9.88 Å². The Morgan fingerprint density at radius 3 is 2.58 bits per heavy atom. The quantitative estimate of drug-likeness (QED) is 0.676. The van der Waals surface area contributed by atoms with E-state index in [4.69, 9.17) is 5.11 Å². The number of thiophene rings is 1. The molecule has 0 saturated carbocycles. The predicted molar refractivity (Wildman–Crippen MR) is 88.5 cm³/mol. The first-order valence-corrected chi connectivity index (χ1v) is 8.48. The van der Waals surface area contributed by atoms with Gasteiger partial charge >= 0.3 is 5.97 Å². The fourth-order valence-corrected chi connectivity index (χ4v) is 3.75. The molecule has 0 aliphatic carbocycles. The number of anilines is 2. The summed E-state index contributed by atoms with van der Waals surface area (Å²) in [5, 5.41) is 8.87. The maximum atomic E-state index is 13.7. The van der Waals surface area contributed by atoms with Crippen LogP contribution in [0.4, 0.5) is 15.1 Å². The van der Waals surface area contributed by atoms with Gasteiger partial charge in [-0.15, -0.1) is 11.3 Å². The second-order valence-corrected chi connectivity index (χ2v) is 6.55. The molecule has 24 heavy (non-hydrogen) atoms. The lowest BCUT2D eigenvalue weighted by Crippen LogP contribution is -2.17. The Morgan fingerprint density at radius 2 is 2.00 bits per heavy atom. The summed E-state index contributed by atoms with van der Waals surface area (Å²) >= 11 is -2.19. The van der Waals surface area contributed by atoms with Crippen LogP contribution in [0.3, 0.4) is 0 Å². The van der Waals surface area contributed by atoms with Crippen molar-refractivity contribution >= 4 is 39.3 Å². The molecule has 2 aromatic heterocycles. The normalized spacial score (nSPS) is 12.1. The van der Waals surface area contributed by atoms with Gasteiger partial charge in [-0.2, -0.15) is 0 Å². The van der Waals surface area contributed by atoms with E-state index >= 15 is 0 Å². The molecular weight excluding hydrogens is 355 g/mol. The molecule has 0 bridgehead atoms. The number of H-pyrrole nitrogens is 1. The van der Waals surface area contributed by atoms with Crippen molar-refractivity contribution in [2.75, 3.05) is 4.31 Å². The largest absolute Gasteiger partial charge is 0.755 e. The molecule has 0 fully saturated rings. The number of hydrogen-bond donors (Lipinski definition) is 2. The molecule has 3 aromatic rings. The van der Waals surface area contributed by atoms with Crippen molar-refractivity contribution in [3.8, 4) is 11.3 Å². The van der Waals surface area contributed by atoms with Gasteiger partial charge in [-0.25, -0.2) is 9.18 Å². The first-order chi connectivity index (χ1) is 11.5. The van der Waals surface area contributed by atoms with Crippen molar-refractivity contribution < 1.29 is 23.1 Å². The van der Waals surface area contributed by atoms with Crippen molar-refractivity contribution in [2.45, 2.75) is 0 Å². The number of aromatic carboxylic acids is 1. The van der Waals surface area contributed by atoms with E-state index in [9.17, 15) is 17.9 Å². The highest BCUT2D eigenvalue weighted by molar-refractivity contribution is 7.81. The Bertz CT molecular complexity index is 907. The van der Waals surface area contributed by atoms with Crippen molar-refractivity contribution in [1.82, 2.24) is 4.98 Å². The standard InChI is InChI=1S/C15H11FN2O4S2/c16-11-7-13(23-14(11)15(19)20)18(24(21)22)10-6-12(17-8-10)9-4-2-1-3-5-9/h1-8,17H,(H,19,20)(H,21,22)/p-1. The zero-order valence-electron chi connectivity index (χ0n) is 11.9. The molecule has 2 N–H and O–H groups in total. The Morgan fingerprint density at radius 1 is 1.29 bits per heavy atom. The van der Waals surface area contributed by atoms with E-state index in [-0.39, 0.29) is 10.7 Å². The molecule has 0 aliphatic heterocycles. The van der Waals surface area contributed by atoms with Crippen LogP contribution in [-0.4, -0.2) is 24.8 Å². The molecule has 0 radical (unpaired) electrons. The van der Waals surface area contributed by atoms with Gasteiger partial charge in [0, 0.05) is 18.0 Å². The maximum absolute atomic E-state index is 13.7. The molecule has 1 aromatic carbocycles. The number of aromatic nitrogens is 1. The molecule has 2 heterocycles. The third-order valence-electron chi connectivity index (χ3n) is 3.20. The third kappa shape index (κ3) is 3.09. The zero-order valence-corrected chi connectivity index (χ0v) is 13.6. The highest BCUT2D eigenvalue weighted by Crippen LogP contribution is 2.36. The minimum absolute atomic E-state index is 0.0446. The van der Waals surface area contributed by atoms with E-state index in [1.54, 1.807) is 6.07 Å². The molecule has 6 nitrogen and oxygen atoms in total. The van der Waals surface area contributed by atoms with Crippen LogP contribution in [-0.2, 0) is 11.3 Å². The molecule has 0 aliphatic rings. The Balaban J connectivity index is 2.01. The lowest BCUT2D eigenvalue weighted by atomic mass is 10.1. The summed E-state index contributed by atoms with van der Waals surface area (Å²) in [6, 6.07) is 11.7. The van der Waals surface area contributed by atoms with Gasteiger partial charge in [-0.05, 0) is 11.6 Å². The maximum Gasteiger partial charge on any atom is 0.348 e. The lowest BCUT2D eigenvalue weighted by molar-refractivity contribution is 0.0697. The van der Waals surface area contributed by atoms with Gasteiger partial charge in [0.25, 0.3) is 0 Å². The van der Waals surface area contributed by atoms with E-state index in [0.717, 1.165) is 15.9 Å². The van der Waals surface area contributed by atoms with E-state index < -0.39 is 27.9 Å². The Labute approximate surface area is 142 Å². The molecule has 0 saturated heterocycles. The number of halogens is 1. The van der Waals surface area contributed by atoms with Crippen LogP contribution < -0.4 is 4.31 Å². The number of hydrogen-bond acceptors (Lipinski definition) is 4. The number of benzene rings is 1. The predicted octanol–water partition coefficient (Wildman–Crippen LogP) is 3.51. The van der Waals surface area contributed by atoms with Gasteiger partial charge < -0.3 is 14.6 Å². The number of carbonyl (C=O) groups is 1. The monoisotopic (exact) mass is 365 g/mol. The van der Waals surface area contributed by atoms with Crippen molar-refractivity contribution in [3.63, 3.8) is 0 Å². The third-order valence-corrected chi connectivity index (χ3v) is 5.11. The SMILES string of the molecule is O=C(O)c1sc(N(c2c[nH]c(-c3ccccc3)c2)S(=O)[O-])cc1F. The van der Waals surface area contributed by atoms with E-state index in [1.165, 1.54) is 6.20 Å².